The molecular weight excluding hydrogens is 266 g/mol. The zero-order valence-corrected chi connectivity index (χ0v) is 13.3. The van der Waals surface area contributed by atoms with Crippen LogP contribution in [0, 0.1) is 5.92 Å². The lowest BCUT2D eigenvalue weighted by Gasteiger charge is -2.23. The summed E-state index contributed by atoms with van der Waals surface area (Å²) in [6, 6.07) is 5.95. The lowest BCUT2D eigenvalue weighted by molar-refractivity contribution is 0.161. The second kappa shape index (κ2) is 7.66. The van der Waals surface area contributed by atoms with Gasteiger partial charge in [-0.2, -0.15) is 0 Å². The summed E-state index contributed by atoms with van der Waals surface area (Å²) < 4.78 is 10.6. The molecule has 2 rings (SSSR count). The van der Waals surface area contributed by atoms with Gasteiger partial charge in [0, 0.05) is 18.2 Å². The highest BCUT2D eigenvalue weighted by Crippen LogP contribution is 2.30. The maximum atomic E-state index is 10.4. The van der Waals surface area contributed by atoms with Gasteiger partial charge >= 0.3 is 0 Å². The molecule has 0 aromatic heterocycles. The number of hydrogen-bond acceptors (Lipinski definition) is 4. The second-order valence-corrected chi connectivity index (χ2v) is 5.87. The van der Waals surface area contributed by atoms with Gasteiger partial charge in [0.2, 0.25) is 0 Å². The van der Waals surface area contributed by atoms with Crippen molar-refractivity contribution in [3.8, 4) is 11.5 Å². The molecule has 1 aliphatic carbocycles. The van der Waals surface area contributed by atoms with E-state index in [1.54, 1.807) is 14.2 Å². The Kier molecular flexibility index (Phi) is 5.88. The summed E-state index contributed by atoms with van der Waals surface area (Å²) >= 11 is 0. The van der Waals surface area contributed by atoms with Gasteiger partial charge in [-0.15, -0.1) is 0 Å². The Morgan fingerprint density at radius 3 is 2.57 bits per heavy atom. The molecule has 1 aromatic rings. The first-order chi connectivity index (χ1) is 10.2. The average Bonchev–Trinajstić information content (AvgIpc) is 3.06. The summed E-state index contributed by atoms with van der Waals surface area (Å²) in [6.45, 7) is 2.74. The average molecular weight is 293 g/mol. The zero-order valence-electron chi connectivity index (χ0n) is 13.3. The van der Waals surface area contributed by atoms with E-state index in [-0.39, 0.29) is 0 Å². The minimum absolute atomic E-state index is 0.443. The third-order valence-electron chi connectivity index (χ3n) is 4.54. The first kappa shape index (κ1) is 16.1. The summed E-state index contributed by atoms with van der Waals surface area (Å²) in [5.74, 6) is 2.16. The lowest BCUT2D eigenvalue weighted by atomic mass is 9.99. The van der Waals surface area contributed by atoms with E-state index < -0.39 is 6.10 Å². The number of hydrogen-bond donors (Lipinski definition) is 2. The normalized spacial score (nSPS) is 18.5. The fourth-order valence-electron chi connectivity index (χ4n) is 3.13. The van der Waals surface area contributed by atoms with Crippen LogP contribution in [0.2, 0.25) is 0 Å². The summed E-state index contributed by atoms with van der Waals surface area (Å²) in [6.07, 6.45) is 4.67. The van der Waals surface area contributed by atoms with E-state index >= 15 is 0 Å². The molecule has 0 heterocycles. The van der Waals surface area contributed by atoms with Crippen LogP contribution in [-0.2, 0) is 0 Å². The van der Waals surface area contributed by atoms with Crippen LogP contribution >= 0.6 is 0 Å². The molecule has 1 aromatic carbocycles. The Bertz CT molecular complexity index is 444. The first-order valence-electron chi connectivity index (χ1n) is 7.79. The largest absolute Gasteiger partial charge is 0.497 e. The Labute approximate surface area is 127 Å². The molecule has 0 spiro atoms. The molecule has 0 radical (unpaired) electrons. The van der Waals surface area contributed by atoms with E-state index in [1.807, 2.05) is 18.2 Å². The van der Waals surface area contributed by atoms with Gasteiger partial charge in [0.15, 0.2) is 0 Å². The monoisotopic (exact) mass is 293 g/mol. The first-order valence-corrected chi connectivity index (χ1v) is 7.79. The van der Waals surface area contributed by atoms with E-state index in [2.05, 4.69) is 12.2 Å². The quantitative estimate of drug-likeness (QED) is 0.811. The molecule has 1 aliphatic rings. The minimum Gasteiger partial charge on any atom is -0.497 e. The number of ether oxygens (including phenoxy) is 2. The zero-order chi connectivity index (χ0) is 15.2. The van der Waals surface area contributed by atoms with Crippen molar-refractivity contribution < 1.29 is 14.6 Å². The molecule has 118 valence electrons. The lowest BCUT2D eigenvalue weighted by Crippen LogP contribution is -2.35. The summed E-state index contributed by atoms with van der Waals surface area (Å²) in [5.41, 5.74) is 0.767. The number of methoxy groups -OCH3 is 2. The Morgan fingerprint density at radius 1 is 1.24 bits per heavy atom. The number of aliphatic hydroxyl groups excluding tert-OH is 1. The van der Waals surface area contributed by atoms with E-state index in [9.17, 15) is 5.11 Å². The fourth-order valence-corrected chi connectivity index (χ4v) is 3.13. The van der Waals surface area contributed by atoms with Crippen molar-refractivity contribution >= 4 is 0 Å². The number of aliphatic hydroxyl groups is 1. The number of benzene rings is 1. The molecule has 1 saturated carbocycles. The van der Waals surface area contributed by atoms with Gasteiger partial charge in [-0.3, -0.25) is 0 Å². The molecule has 0 amide bonds. The molecule has 1 fully saturated rings. The predicted molar refractivity (Wildman–Crippen MR) is 83.9 cm³/mol. The predicted octanol–water partition coefficient (Wildman–Crippen LogP) is 2.91. The van der Waals surface area contributed by atoms with Crippen LogP contribution in [0.4, 0.5) is 0 Å². The third-order valence-corrected chi connectivity index (χ3v) is 4.54. The van der Waals surface area contributed by atoms with Gasteiger partial charge in [0.05, 0.1) is 20.3 Å². The van der Waals surface area contributed by atoms with Crippen LogP contribution in [0.1, 0.15) is 44.3 Å². The molecule has 2 atom stereocenters. The SMILES string of the molecule is COc1ccc(OC)c(C(O)CN[C@@H](C)C2CCCC2)c1. The Balaban J connectivity index is 1.97. The molecule has 2 N–H and O–H groups in total. The van der Waals surface area contributed by atoms with Crippen LogP contribution in [0.25, 0.3) is 0 Å². The molecule has 4 nitrogen and oxygen atoms in total. The molecular formula is C17H27NO3. The van der Waals surface area contributed by atoms with Crippen molar-refractivity contribution in [2.75, 3.05) is 20.8 Å². The van der Waals surface area contributed by atoms with Crippen LogP contribution in [0.3, 0.4) is 0 Å². The van der Waals surface area contributed by atoms with Crippen LogP contribution in [-0.4, -0.2) is 31.9 Å². The van der Waals surface area contributed by atoms with Crippen molar-refractivity contribution in [1.29, 1.82) is 0 Å². The summed E-state index contributed by atoms with van der Waals surface area (Å²) in [7, 11) is 3.24. The van der Waals surface area contributed by atoms with E-state index in [0.717, 1.165) is 17.2 Å². The third kappa shape index (κ3) is 4.11. The van der Waals surface area contributed by atoms with Crippen molar-refractivity contribution in [1.82, 2.24) is 5.32 Å². The molecule has 0 aliphatic heterocycles. The summed E-state index contributed by atoms with van der Waals surface area (Å²) in [4.78, 5) is 0. The van der Waals surface area contributed by atoms with Gasteiger partial charge in [-0.05, 0) is 43.9 Å². The van der Waals surface area contributed by atoms with E-state index in [4.69, 9.17) is 9.47 Å². The highest BCUT2D eigenvalue weighted by Gasteiger charge is 2.22. The Morgan fingerprint density at radius 2 is 1.95 bits per heavy atom. The van der Waals surface area contributed by atoms with Crippen molar-refractivity contribution in [2.24, 2.45) is 5.92 Å². The van der Waals surface area contributed by atoms with E-state index in [0.29, 0.717) is 18.3 Å². The number of rotatable bonds is 7. The summed E-state index contributed by atoms with van der Waals surface area (Å²) in [5, 5.41) is 13.9. The highest BCUT2D eigenvalue weighted by atomic mass is 16.5. The van der Waals surface area contributed by atoms with Crippen molar-refractivity contribution in [3.63, 3.8) is 0 Å². The van der Waals surface area contributed by atoms with Crippen LogP contribution in [0.15, 0.2) is 18.2 Å². The van der Waals surface area contributed by atoms with Gasteiger partial charge in [-0.1, -0.05) is 12.8 Å². The highest BCUT2D eigenvalue weighted by molar-refractivity contribution is 5.41. The maximum absolute atomic E-state index is 10.4. The topological polar surface area (TPSA) is 50.7 Å². The molecule has 1 unspecified atom stereocenters. The van der Waals surface area contributed by atoms with Crippen molar-refractivity contribution in [2.45, 2.75) is 44.8 Å². The smallest absolute Gasteiger partial charge is 0.124 e. The van der Waals surface area contributed by atoms with Gasteiger partial charge in [0.25, 0.3) is 0 Å². The fraction of sp³-hybridized carbons (Fsp3) is 0.647. The van der Waals surface area contributed by atoms with E-state index in [1.165, 1.54) is 25.7 Å². The molecule has 4 heteroatoms. The Hall–Kier alpha value is -1.26. The maximum Gasteiger partial charge on any atom is 0.124 e. The van der Waals surface area contributed by atoms with Gasteiger partial charge in [0.1, 0.15) is 11.5 Å². The molecule has 21 heavy (non-hydrogen) atoms. The molecule has 0 bridgehead atoms. The van der Waals surface area contributed by atoms with Crippen LogP contribution in [0.5, 0.6) is 11.5 Å². The van der Waals surface area contributed by atoms with Gasteiger partial charge < -0.3 is 19.9 Å². The standard InChI is InChI=1S/C17H27NO3/c1-12(13-6-4-5-7-13)18-11-16(19)15-10-14(20-2)8-9-17(15)21-3/h8-10,12-13,16,18-19H,4-7,11H2,1-3H3/t12-,16?/m0/s1. The second-order valence-electron chi connectivity index (χ2n) is 5.87. The number of nitrogens with one attached hydrogen (secondary N) is 1. The van der Waals surface area contributed by atoms with Crippen molar-refractivity contribution in [3.05, 3.63) is 23.8 Å². The van der Waals surface area contributed by atoms with Gasteiger partial charge in [-0.25, -0.2) is 0 Å². The minimum atomic E-state index is -0.598. The van der Waals surface area contributed by atoms with Crippen LogP contribution < -0.4 is 14.8 Å². The molecule has 0 saturated heterocycles.